The molecule has 0 spiro atoms. The van der Waals surface area contributed by atoms with Crippen LogP contribution in [0.4, 0.5) is 0 Å². The molecule has 0 saturated heterocycles. The molecule has 1 aliphatic heterocycles. The van der Waals surface area contributed by atoms with Crippen molar-refractivity contribution >= 4 is 56.2 Å². The highest BCUT2D eigenvalue weighted by Crippen LogP contribution is 2.31. The van der Waals surface area contributed by atoms with Crippen molar-refractivity contribution < 1.29 is 9.59 Å². The molecule has 26 heavy (non-hydrogen) atoms. The lowest BCUT2D eigenvalue weighted by Gasteiger charge is -2.12. The predicted octanol–water partition coefficient (Wildman–Crippen LogP) is 2.96. The van der Waals surface area contributed by atoms with Gasteiger partial charge in [-0.1, -0.05) is 23.9 Å². The van der Waals surface area contributed by atoms with E-state index in [1.54, 1.807) is 23.1 Å². The van der Waals surface area contributed by atoms with E-state index in [2.05, 4.69) is 20.2 Å². The van der Waals surface area contributed by atoms with Crippen LogP contribution in [0.5, 0.6) is 0 Å². The van der Waals surface area contributed by atoms with Crippen LogP contribution in [0.3, 0.4) is 0 Å². The second-order valence-electron chi connectivity index (χ2n) is 5.74. The Morgan fingerprint density at radius 3 is 2.92 bits per heavy atom. The van der Waals surface area contributed by atoms with Crippen molar-refractivity contribution in [3.8, 4) is 0 Å². The number of aromatic nitrogens is 4. The van der Waals surface area contributed by atoms with Gasteiger partial charge in [0.25, 0.3) is 11.8 Å². The van der Waals surface area contributed by atoms with E-state index in [1.807, 2.05) is 24.3 Å². The summed E-state index contributed by atoms with van der Waals surface area (Å²) in [5, 5.41) is 7.21. The Bertz CT molecular complexity index is 1150. The molecule has 4 heterocycles. The minimum Gasteiger partial charge on any atom is -0.273 e. The van der Waals surface area contributed by atoms with E-state index < -0.39 is 0 Å². The van der Waals surface area contributed by atoms with Gasteiger partial charge in [-0.25, -0.2) is 9.97 Å². The number of imide groups is 1. The average molecular weight is 381 g/mol. The summed E-state index contributed by atoms with van der Waals surface area (Å²) in [4.78, 5) is 35.3. The summed E-state index contributed by atoms with van der Waals surface area (Å²) in [7, 11) is 0. The van der Waals surface area contributed by atoms with Crippen LogP contribution in [0.15, 0.2) is 41.0 Å². The van der Waals surface area contributed by atoms with Gasteiger partial charge >= 0.3 is 0 Å². The van der Waals surface area contributed by atoms with Crippen molar-refractivity contribution in [2.75, 3.05) is 12.3 Å². The van der Waals surface area contributed by atoms with Crippen LogP contribution in [0.25, 0.3) is 21.3 Å². The normalized spacial score (nSPS) is 13.9. The van der Waals surface area contributed by atoms with Crippen LogP contribution in [-0.2, 0) is 0 Å². The number of thioether (sulfide) groups is 1. The summed E-state index contributed by atoms with van der Waals surface area (Å²) in [6, 6.07) is 7.95. The van der Waals surface area contributed by atoms with Gasteiger partial charge in [-0.15, -0.1) is 11.3 Å². The summed E-state index contributed by atoms with van der Waals surface area (Å²) < 4.78 is 2.06. The van der Waals surface area contributed by atoms with Gasteiger partial charge in [-0.05, 0) is 12.1 Å². The number of hydrogen-bond donors (Lipinski definition) is 1. The van der Waals surface area contributed by atoms with E-state index in [0.717, 1.165) is 14.6 Å². The first-order valence-corrected chi connectivity index (χ1v) is 9.69. The molecule has 4 aromatic rings. The van der Waals surface area contributed by atoms with E-state index in [-0.39, 0.29) is 11.8 Å². The number of aromatic amines is 1. The highest BCUT2D eigenvalue weighted by atomic mass is 32.2. The molecule has 0 atom stereocenters. The summed E-state index contributed by atoms with van der Waals surface area (Å²) in [6.07, 6.45) is 2.97. The first-order chi connectivity index (χ1) is 12.7. The first kappa shape index (κ1) is 15.5. The lowest BCUT2D eigenvalue weighted by Crippen LogP contribution is -2.31. The Hall–Kier alpha value is -2.78. The van der Waals surface area contributed by atoms with E-state index >= 15 is 0 Å². The third-order valence-corrected chi connectivity index (χ3v) is 6.39. The van der Waals surface area contributed by atoms with Crippen molar-refractivity contribution in [1.29, 1.82) is 0 Å². The third kappa shape index (κ3) is 2.31. The monoisotopic (exact) mass is 381 g/mol. The molecule has 2 amide bonds. The number of nitrogens with one attached hydrogen (secondary N) is 1. The molecule has 0 fully saturated rings. The Morgan fingerprint density at radius 2 is 2.04 bits per heavy atom. The first-order valence-electron chi connectivity index (χ1n) is 7.89. The molecule has 0 radical (unpaired) electrons. The fourth-order valence-corrected chi connectivity index (χ4v) is 5.07. The highest BCUT2D eigenvalue weighted by Gasteiger charge is 2.37. The number of benzene rings is 1. The van der Waals surface area contributed by atoms with Crippen molar-refractivity contribution in [2.24, 2.45) is 0 Å². The van der Waals surface area contributed by atoms with Gasteiger partial charge in [0, 0.05) is 18.5 Å². The van der Waals surface area contributed by atoms with Crippen LogP contribution in [-0.4, -0.2) is 49.2 Å². The number of pyridine rings is 1. The molecule has 5 rings (SSSR count). The average Bonchev–Trinajstić information content (AvgIpc) is 3.33. The quantitative estimate of drug-likeness (QED) is 0.432. The summed E-state index contributed by atoms with van der Waals surface area (Å²) in [5.74, 6) is 0.00182. The van der Waals surface area contributed by atoms with Gasteiger partial charge in [-0.3, -0.25) is 19.6 Å². The molecule has 0 saturated carbocycles. The molecule has 1 aliphatic rings. The van der Waals surface area contributed by atoms with Crippen molar-refractivity contribution in [1.82, 2.24) is 25.1 Å². The third-order valence-electron chi connectivity index (χ3n) is 4.23. The molecule has 1 N–H and O–H groups in total. The predicted molar refractivity (Wildman–Crippen MR) is 99.6 cm³/mol. The lowest BCUT2D eigenvalue weighted by atomic mass is 10.1. The molecule has 0 bridgehead atoms. The molecule has 3 aromatic heterocycles. The summed E-state index contributed by atoms with van der Waals surface area (Å²) in [5.41, 5.74) is 2.21. The fourth-order valence-electron chi connectivity index (χ4n) is 3.00. The number of H-pyrrole nitrogens is 1. The summed E-state index contributed by atoms with van der Waals surface area (Å²) in [6.45, 7) is 0.326. The van der Waals surface area contributed by atoms with E-state index in [0.29, 0.717) is 34.5 Å². The van der Waals surface area contributed by atoms with Gasteiger partial charge in [0.1, 0.15) is 0 Å². The van der Waals surface area contributed by atoms with Gasteiger partial charge in [0.05, 0.1) is 32.9 Å². The Labute approximate surface area is 155 Å². The zero-order valence-electron chi connectivity index (χ0n) is 13.3. The van der Waals surface area contributed by atoms with Crippen molar-refractivity contribution in [3.05, 3.63) is 47.8 Å². The summed E-state index contributed by atoms with van der Waals surface area (Å²) >= 11 is 3.16. The number of carbonyl (C=O) groups excluding carboxylic acids is 2. The van der Waals surface area contributed by atoms with Crippen molar-refractivity contribution in [3.63, 3.8) is 0 Å². The highest BCUT2D eigenvalue weighted by molar-refractivity contribution is 8.01. The Balaban J connectivity index is 1.34. The molecule has 7 nitrogen and oxygen atoms in total. The maximum Gasteiger partial charge on any atom is 0.263 e. The van der Waals surface area contributed by atoms with E-state index in [9.17, 15) is 9.59 Å². The number of nitrogens with zero attached hydrogens (tertiary/aromatic N) is 4. The molecule has 128 valence electrons. The standard InChI is InChI=1S/C17H11N5O2S2/c23-15-10-7-18-14-9(8-19-21-14)13(10)16(24)22(15)5-6-25-17-20-11-3-1-2-4-12(11)26-17/h1-4,7-8H,5-6H2,(H,18,19,21). The molecular formula is C17H11N5O2S2. The number of para-hydroxylation sites is 1. The lowest BCUT2D eigenvalue weighted by molar-refractivity contribution is 0.0665. The van der Waals surface area contributed by atoms with Gasteiger partial charge in [-0.2, -0.15) is 5.10 Å². The van der Waals surface area contributed by atoms with Gasteiger partial charge < -0.3 is 0 Å². The second kappa shape index (κ2) is 5.89. The molecule has 9 heteroatoms. The minimum absolute atomic E-state index is 0.288. The Morgan fingerprint density at radius 1 is 1.15 bits per heavy atom. The maximum atomic E-state index is 12.7. The molecule has 0 aliphatic carbocycles. The number of thiazole rings is 1. The zero-order chi connectivity index (χ0) is 17.7. The van der Waals surface area contributed by atoms with E-state index in [1.165, 1.54) is 17.3 Å². The number of fused-ring (bicyclic) bond motifs is 4. The van der Waals surface area contributed by atoms with Crippen LogP contribution in [0.2, 0.25) is 0 Å². The van der Waals surface area contributed by atoms with Crippen LogP contribution < -0.4 is 0 Å². The number of carbonyl (C=O) groups is 2. The zero-order valence-corrected chi connectivity index (χ0v) is 14.9. The van der Waals surface area contributed by atoms with Crippen LogP contribution >= 0.6 is 23.1 Å². The minimum atomic E-state index is -0.300. The largest absolute Gasteiger partial charge is 0.273 e. The molecular weight excluding hydrogens is 370 g/mol. The van der Waals surface area contributed by atoms with Gasteiger partial charge in [0.15, 0.2) is 9.99 Å². The second-order valence-corrected chi connectivity index (χ2v) is 8.11. The fraction of sp³-hybridized carbons (Fsp3) is 0.118. The number of rotatable bonds is 4. The number of amides is 2. The van der Waals surface area contributed by atoms with Crippen molar-refractivity contribution in [2.45, 2.75) is 4.34 Å². The topological polar surface area (TPSA) is 91.8 Å². The van der Waals surface area contributed by atoms with Crippen LogP contribution in [0, 0.1) is 0 Å². The van der Waals surface area contributed by atoms with Crippen LogP contribution in [0.1, 0.15) is 20.7 Å². The molecule has 0 unspecified atom stereocenters. The maximum absolute atomic E-state index is 12.7. The SMILES string of the molecule is O=C1c2cnc3[nH]ncc3c2C(=O)N1CCSc1nc2ccccc2s1. The van der Waals surface area contributed by atoms with Gasteiger partial charge in [0.2, 0.25) is 0 Å². The smallest absolute Gasteiger partial charge is 0.263 e. The molecule has 1 aromatic carbocycles. The van der Waals surface area contributed by atoms with E-state index in [4.69, 9.17) is 0 Å². The number of hydrogen-bond acceptors (Lipinski definition) is 7. The Kier molecular flexibility index (Phi) is 3.50.